The molecule has 1 heterocycles. The van der Waals surface area contributed by atoms with Gasteiger partial charge in [0.1, 0.15) is 17.5 Å². The van der Waals surface area contributed by atoms with E-state index in [1.807, 2.05) is 6.07 Å². The number of aromatic nitrogens is 2. The average molecular weight is 252 g/mol. The van der Waals surface area contributed by atoms with Crippen LogP contribution in [0.4, 0.5) is 11.6 Å². The zero-order valence-corrected chi connectivity index (χ0v) is 11.9. The van der Waals surface area contributed by atoms with Crippen LogP contribution in [0, 0.1) is 0 Å². The number of nitrogens with two attached hydrogens (primary N) is 1. The van der Waals surface area contributed by atoms with Crippen molar-refractivity contribution in [1.82, 2.24) is 14.9 Å². The van der Waals surface area contributed by atoms with Crippen LogP contribution in [0.1, 0.15) is 32.5 Å². The predicted octanol–water partition coefficient (Wildman–Crippen LogP) is 1.25. The van der Waals surface area contributed by atoms with Gasteiger partial charge in [0, 0.05) is 24.6 Å². The van der Waals surface area contributed by atoms with E-state index in [9.17, 15) is 0 Å². The third-order valence-electron chi connectivity index (χ3n) is 2.87. The molecule has 0 saturated carbocycles. The lowest BCUT2D eigenvalue weighted by atomic mass is 10.2. The summed E-state index contributed by atoms with van der Waals surface area (Å²) in [5.41, 5.74) is 2.57. The van der Waals surface area contributed by atoms with Gasteiger partial charge in [-0.15, -0.1) is 0 Å². The molecule has 6 heteroatoms. The van der Waals surface area contributed by atoms with Crippen LogP contribution in [-0.2, 0) is 0 Å². The molecule has 0 aromatic carbocycles. The molecule has 0 aliphatic heterocycles. The van der Waals surface area contributed by atoms with Crippen molar-refractivity contribution < 1.29 is 0 Å². The van der Waals surface area contributed by atoms with Crippen LogP contribution >= 0.6 is 0 Å². The molecule has 0 saturated heterocycles. The van der Waals surface area contributed by atoms with E-state index in [1.165, 1.54) is 0 Å². The minimum absolute atomic E-state index is 0.269. The van der Waals surface area contributed by atoms with E-state index >= 15 is 0 Å². The van der Waals surface area contributed by atoms with E-state index in [4.69, 9.17) is 5.84 Å². The van der Waals surface area contributed by atoms with Crippen molar-refractivity contribution in [1.29, 1.82) is 0 Å². The van der Waals surface area contributed by atoms with Gasteiger partial charge in [0.25, 0.3) is 0 Å². The van der Waals surface area contributed by atoms with Gasteiger partial charge in [0.15, 0.2) is 0 Å². The molecule has 0 aliphatic carbocycles. The molecule has 0 fully saturated rings. The third kappa shape index (κ3) is 4.12. The Morgan fingerprint density at radius 2 is 1.83 bits per heavy atom. The Balaban J connectivity index is 2.78. The largest absolute Gasteiger partial charge is 0.368 e. The lowest BCUT2D eigenvalue weighted by Gasteiger charge is -2.20. The fourth-order valence-corrected chi connectivity index (χ4v) is 1.32. The first-order valence-electron chi connectivity index (χ1n) is 6.20. The van der Waals surface area contributed by atoms with Gasteiger partial charge in [-0.3, -0.25) is 0 Å². The molecule has 0 bridgehead atoms. The predicted molar refractivity (Wildman–Crippen MR) is 75.6 cm³/mol. The lowest BCUT2D eigenvalue weighted by Crippen LogP contribution is -2.31. The highest BCUT2D eigenvalue weighted by atomic mass is 15.3. The molecule has 0 radical (unpaired) electrons. The second-order valence-electron chi connectivity index (χ2n) is 4.99. The molecule has 1 aromatic heterocycles. The molecule has 1 atom stereocenters. The normalized spacial score (nSPS) is 12.9. The van der Waals surface area contributed by atoms with Crippen LogP contribution < -0.4 is 16.6 Å². The summed E-state index contributed by atoms with van der Waals surface area (Å²) < 4.78 is 0. The number of hydrazine groups is 1. The van der Waals surface area contributed by atoms with Crippen molar-refractivity contribution in [3.8, 4) is 0 Å². The molecule has 0 spiro atoms. The fraction of sp³-hybridized carbons (Fsp3) is 0.667. The summed E-state index contributed by atoms with van der Waals surface area (Å²) in [4.78, 5) is 10.9. The van der Waals surface area contributed by atoms with Crippen LogP contribution in [-0.4, -0.2) is 41.5 Å². The maximum atomic E-state index is 5.42. The molecular weight excluding hydrogens is 228 g/mol. The summed E-state index contributed by atoms with van der Waals surface area (Å²) in [7, 11) is 4.11. The third-order valence-corrected chi connectivity index (χ3v) is 2.87. The van der Waals surface area contributed by atoms with E-state index in [0.717, 1.165) is 18.2 Å². The first-order chi connectivity index (χ1) is 8.43. The molecule has 1 aromatic rings. The second kappa shape index (κ2) is 6.51. The van der Waals surface area contributed by atoms with E-state index in [-0.39, 0.29) is 5.92 Å². The summed E-state index contributed by atoms with van der Waals surface area (Å²) in [6.45, 7) is 7.09. The smallest absolute Gasteiger partial charge is 0.145 e. The number of nitrogens with zero attached hydrogens (tertiary/aromatic N) is 3. The van der Waals surface area contributed by atoms with Gasteiger partial charge in [0.2, 0.25) is 0 Å². The van der Waals surface area contributed by atoms with Crippen molar-refractivity contribution in [3.63, 3.8) is 0 Å². The molecule has 0 aliphatic rings. The van der Waals surface area contributed by atoms with Gasteiger partial charge in [-0.05, 0) is 21.0 Å². The summed E-state index contributed by atoms with van der Waals surface area (Å²) in [6, 6.07) is 2.24. The number of hydrogen-bond donors (Lipinski definition) is 3. The highest BCUT2D eigenvalue weighted by Gasteiger charge is 2.09. The number of likely N-dealkylation sites (N-methyl/N-ethyl adjacent to an activating group) is 1. The lowest BCUT2D eigenvalue weighted by molar-refractivity contribution is 0.326. The second-order valence-corrected chi connectivity index (χ2v) is 4.99. The molecule has 18 heavy (non-hydrogen) atoms. The summed E-state index contributed by atoms with van der Waals surface area (Å²) in [5, 5.41) is 3.31. The quantitative estimate of drug-likeness (QED) is 0.522. The Morgan fingerprint density at radius 1 is 1.22 bits per heavy atom. The van der Waals surface area contributed by atoms with Crippen LogP contribution in [0.3, 0.4) is 0 Å². The molecule has 102 valence electrons. The first kappa shape index (κ1) is 14.7. The fourth-order valence-electron chi connectivity index (χ4n) is 1.32. The average Bonchev–Trinajstić information content (AvgIpc) is 2.35. The van der Waals surface area contributed by atoms with Crippen molar-refractivity contribution >= 4 is 11.6 Å². The minimum atomic E-state index is 0.269. The highest BCUT2D eigenvalue weighted by molar-refractivity contribution is 5.47. The zero-order valence-electron chi connectivity index (χ0n) is 11.9. The first-order valence-corrected chi connectivity index (χ1v) is 6.20. The summed E-state index contributed by atoms with van der Waals surface area (Å²) in [5.74, 6) is 7.90. The maximum Gasteiger partial charge on any atom is 0.145 e. The summed E-state index contributed by atoms with van der Waals surface area (Å²) in [6.07, 6.45) is 0. The molecule has 0 amide bonds. The van der Waals surface area contributed by atoms with Crippen molar-refractivity contribution in [3.05, 3.63) is 11.9 Å². The van der Waals surface area contributed by atoms with Gasteiger partial charge in [-0.25, -0.2) is 15.8 Å². The van der Waals surface area contributed by atoms with Gasteiger partial charge >= 0.3 is 0 Å². The molecular formula is C12H24N6. The highest BCUT2D eigenvalue weighted by Crippen LogP contribution is 2.16. The summed E-state index contributed by atoms with van der Waals surface area (Å²) >= 11 is 0. The van der Waals surface area contributed by atoms with E-state index in [0.29, 0.717) is 11.9 Å². The molecule has 1 rings (SSSR count). The van der Waals surface area contributed by atoms with Crippen molar-refractivity contribution in [2.24, 2.45) is 5.84 Å². The van der Waals surface area contributed by atoms with Crippen LogP contribution in [0.25, 0.3) is 0 Å². The molecule has 1 unspecified atom stereocenters. The zero-order chi connectivity index (χ0) is 13.7. The van der Waals surface area contributed by atoms with E-state index in [2.05, 4.69) is 60.5 Å². The van der Waals surface area contributed by atoms with Crippen LogP contribution in [0.15, 0.2) is 6.07 Å². The standard InChI is InChI=1S/C12H24N6/c1-8(2)12-15-10(6-11(16-12)17-13)14-7-9(3)18(4)5/h6,8-9H,7,13H2,1-5H3,(H2,14,15,16,17). The van der Waals surface area contributed by atoms with Crippen LogP contribution in [0.2, 0.25) is 0 Å². The van der Waals surface area contributed by atoms with Crippen LogP contribution in [0.5, 0.6) is 0 Å². The number of anilines is 2. The Bertz CT molecular complexity index is 377. The number of nitrogens with one attached hydrogen (secondary N) is 2. The van der Waals surface area contributed by atoms with Gasteiger partial charge in [-0.2, -0.15) is 0 Å². The Labute approximate surface area is 109 Å². The van der Waals surface area contributed by atoms with Crippen molar-refractivity contribution in [2.75, 3.05) is 31.4 Å². The SMILES string of the molecule is CC(C)c1nc(NN)cc(NCC(C)N(C)C)n1. The van der Waals surface area contributed by atoms with Gasteiger partial charge in [-0.1, -0.05) is 13.8 Å². The van der Waals surface area contributed by atoms with Gasteiger partial charge < -0.3 is 15.6 Å². The van der Waals surface area contributed by atoms with Crippen molar-refractivity contribution in [2.45, 2.75) is 32.7 Å². The molecule has 4 N–H and O–H groups in total. The topological polar surface area (TPSA) is 79.1 Å². The molecule has 6 nitrogen and oxygen atoms in total. The van der Waals surface area contributed by atoms with Gasteiger partial charge in [0.05, 0.1) is 0 Å². The van der Waals surface area contributed by atoms with E-state index < -0.39 is 0 Å². The minimum Gasteiger partial charge on any atom is -0.368 e. The number of hydrogen-bond acceptors (Lipinski definition) is 6. The monoisotopic (exact) mass is 252 g/mol. The number of rotatable bonds is 6. The van der Waals surface area contributed by atoms with E-state index in [1.54, 1.807) is 0 Å². The number of nitrogen functional groups attached to an aromatic ring is 1. The Hall–Kier alpha value is -1.40. The maximum absolute atomic E-state index is 5.42. The Kier molecular flexibility index (Phi) is 5.30. The Morgan fingerprint density at radius 3 is 2.33 bits per heavy atom.